The zero-order valence-corrected chi connectivity index (χ0v) is 12.1. The number of aliphatic carboxylic acids is 1. The quantitative estimate of drug-likeness (QED) is 0.878. The van der Waals surface area contributed by atoms with Gasteiger partial charge < -0.3 is 10.4 Å². The van der Waals surface area contributed by atoms with Gasteiger partial charge in [-0.1, -0.05) is 19.3 Å². The van der Waals surface area contributed by atoms with Gasteiger partial charge in [-0.2, -0.15) is 0 Å². The first-order chi connectivity index (χ1) is 9.35. The van der Waals surface area contributed by atoms with Gasteiger partial charge in [0.2, 0.25) is 0 Å². The second kappa shape index (κ2) is 5.40. The van der Waals surface area contributed by atoms with E-state index in [-0.39, 0.29) is 10.7 Å². The van der Waals surface area contributed by atoms with E-state index in [1.807, 2.05) is 0 Å². The Bertz CT molecular complexity index is 607. The Kier molecular flexibility index (Phi) is 3.99. The number of sulfone groups is 1. The van der Waals surface area contributed by atoms with E-state index in [4.69, 9.17) is 0 Å². The molecule has 2 rings (SSSR count). The van der Waals surface area contributed by atoms with Gasteiger partial charge >= 0.3 is 5.97 Å². The van der Waals surface area contributed by atoms with Crippen LogP contribution in [0.5, 0.6) is 0 Å². The maximum absolute atomic E-state index is 11.7. The number of carboxylic acids is 1. The summed E-state index contributed by atoms with van der Waals surface area (Å²) in [6, 6.07) is 2.96. The first-order valence-electron chi connectivity index (χ1n) is 6.52. The maximum Gasteiger partial charge on any atom is 0.329 e. The molecule has 6 nitrogen and oxygen atoms in total. The molecule has 1 aliphatic rings. The normalized spacial score (nSPS) is 18.4. The zero-order valence-electron chi connectivity index (χ0n) is 11.3. The van der Waals surface area contributed by atoms with Gasteiger partial charge in [0, 0.05) is 12.5 Å². The summed E-state index contributed by atoms with van der Waals surface area (Å²) >= 11 is 0. The highest BCUT2D eigenvalue weighted by Crippen LogP contribution is 2.33. The van der Waals surface area contributed by atoms with E-state index in [2.05, 4.69) is 10.3 Å². The van der Waals surface area contributed by atoms with Crippen molar-refractivity contribution in [3.63, 3.8) is 0 Å². The molecule has 0 aromatic carbocycles. The van der Waals surface area contributed by atoms with Crippen molar-refractivity contribution in [3.05, 3.63) is 18.3 Å². The Labute approximate surface area is 118 Å². The van der Waals surface area contributed by atoms with Crippen LogP contribution in [0.2, 0.25) is 0 Å². The molecule has 0 aliphatic heterocycles. The fraction of sp³-hybridized carbons (Fsp3) is 0.538. The number of anilines is 1. The molecule has 1 aromatic heterocycles. The second-order valence-corrected chi connectivity index (χ2v) is 7.18. The van der Waals surface area contributed by atoms with Crippen LogP contribution in [0.1, 0.15) is 32.1 Å². The Balaban J connectivity index is 2.40. The van der Waals surface area contributed by atoms with Gasteiger partial charge in [0.25, 0.3) is 0 Å². The molecular weight excluding hydrogens is 280 g/mol. The third-order valence-corrected chi connectivity index (χ3v) is 4.77. The number of carboxylic acid groups (broad SMARTS) is 1. The fourth-order valence-corrected chi connectivity index (χ4v) is 3.34. The van der Waals surface area contributed by atoms with E-state index in [1.54, 1.807) is 0 Å². The Morgan fingerprint density at radius 1 is 1.35 bits per heavy atom. The summed E-state index contributed by atoms with van der Waals surface area (Å²) in [4.78, 5) is 15.6. The number of hydrogen-bond donors (Lipinski definition) is 2. The molecule has 0 amide bonds. The molecule has 1 heterocycles. The lowest BCUT2D eigenvalue weighted by Gasteiger charge is -2.34. The van der Waals surface area contributed by atoms with Crippen molar-refractivity contribution in [2.45, 2.75) is 42.5 Å². The van der Waals surface area contributed by atoms with E-state index >= 15 is 0 Å². The standard InChI is InChI=1S/C13H18N2O4S/c1-20(18,19)10-6-5-9-14-11(10)15-13(12(16)17)7-3-2-4-8-13/h5-6,9H,2-4,7-8H2,1H3,(H,14,15)(H,16,17). The summed E-state index contributed by atoms with van der Waals surface area (Å²) in [5, 5.41) is 12.4. The van der Waals surface area contributed by atoms with E-state index in [9.17, 15) is 18.3 Å². The number of carbonyl (C=O) groups is 1. The molecule has 1 aliphatic carbocycles. The molecule has 110 valence electrons. The lowest BCUT2D eigenvalue weighted by Crippen LogP contribution is -2.48. The van der Waals surface area contributed by atoms with Crippen LogP contribution in [-0.2, 0) is 14.6 Å². The lowest BCUT2D eigenvalue weighted by molar-refractivity contribution is -0.143. The van der Waals surface area contributed by atoms with Gasteiger partial charge in [0.1, 0.15) is 16.3 Å². The molecule has 1 saturated carbocycles. The van der Waals surface area contributed by atoms with Gasteiger partial charge in [0.15, 0.2) is 9.84 Å². The first-order valence-corrected chi connectivity index (χ1v) is 8.41. The molecule has 1 aromatic rings. The molecule has 0 atom stereocenters. The molecule has 2 N–H and O–H groups in total. The summed E-state index contributed by atoms with van der Waals surface area (Å²) in [5.74, 6) is -0.832. The van der Waals surface area contributed by atoms with Crippen molar-refractivity contribution >= 4 is 21.6 Å². The van der Waals surface area contributed by atoms with Crippen LogP contribution in [0.15, 0.2) is 23.2 Å². The summed E-state index contributed by atoms with van der Waals surface area (Å²) in [7, 11) is -3.45. The van der Waals surface area contributed by atoms with Gasteiger partial charge in [0.05, 0.1) is 0 Å². The average molecular weight is 298 g/mol. The topological polar surface area (TPSA) is 96.4 Å². The van der Waals surface area contributed by atoms with Crippen LogP contribution in [0.4, 0.5) is 5.82 Å². The largest absolute Gasteiger partial charge is 0.480 e. The minimum atomic E-state index is -3.45. The average Bonchev–Trinajstić information content (AvgIpc) is 2.39. The zero-order chi connectivity index (χ0) is 14.8. The van der Waals surface area contributed by atoms with Crippen LogP contribution in [-0.4, -0.2) is 36.3 Å². The van der Waals surface area contributed by atoms with Crippen molar-refractivity contribution in [1.29, 1.82) is 0 Å². The first kappa shape index (κ1) is 14.8. The lowest BCUT2D eigenvalue weighted by atomic mass is 9.81. The molecule has 0 bridgehead atoms. The highest BCUT2D eigenvalue weighted by molar-refractivity contribution is 7.90. The molecule has 20 heavy (non-hydrogen) atoms. The molecule has 0 unspecified atom stereocenters. The summed E-state index contributed by atoms with van der Waals surface area (Å²) in [5.41, 5.74) is -1.12. The van der Waals surface area contributed by atoms with Crippen LogP contribution >= 0.6 is 0 Å². The third-order valence-electron chi connectivity index (χ3n) is 3.64. The monoisotopic (exact) mass is 298 g/mol. The predicted octanol–water partition coefficient (Wildman–Crippen LogP) is 1.68. The summed E-state index contributed by atoms with van der Waals surface area (Å²) in [6.45, 7) is 0. The van der Waals surface area contributed by atoms with Crippen molar-refractivity contribution in [2.75, 3.05) is 11.6 Å². The number of hydrogen-bond acceptors (Lipinski definition) is 5. The van der Waals surface area contributed by atoms with Crippen LogP contribution in [0.3, 0.4) is 0 Å². The van der Waals surface area contributed by atoms with E-state index in [1.165, 1.54) is 18.3 Å². The number of rotatable bonds is 4. The summed E-state index contributed by atoms with van der Waals surface area (Å²) < 4.78 is 23.5. The van der Waals surface area contributed by atoms with Crippen LogP contribution in [0, 0.1) is 0 Å². The van der Waals surface area contributed by atoms with Crippen molar-refractivity contribution < 1.29 is 18.3 Å². The third kappa shape index (κ3) is 2.92. The predicted molar refractivity (Wildman–Crippen MR) is 74.4 cm³/mol. The summed E-state index contributed by atoms with van der Waals surface area (Å²) in [6.07, 6.45) is 6.10. The van der Waals surface area contributed by atoms with Gasteiger partial charge in [-0.25, -0.2) is 18.2 Å². The van der Waals surface area contributed by atoms with Gasteiger partial charge in [-0.3, -0.25) is 0 Å². The van der Waals surface area contributed by atoms with Crippen molar-refractivity contribution in [1.82, 2.24) is 4.98 Å². The molecule has 7 heteroatoms. The van der Waals surface area contributed by atoms with Gasteiger partial charge in [-0.15, -0.1) is 0 Å². The Morgan fingerprint density at radius 2 is 2.00 bits per heavy atom. The van der Waals surface area contributed by atoms with Crippen molar-refractivity contribution in [2.24, 2.45) is 0 Å². The minimum absolute atomic E-state index is 0.0335. The minimum Gasteiger partial charge on any atom is -0.480 e. The highest BCUT2D eigenvalue weighted by atomic mass is 32.2. The number of nitrogens with zero attached hydrogens (tertiary/aromatic N) is 1. The van der Waals surface area contributed by atoms with E-state index < -0.39 is 21.3 Å². The number of pyridine rings is 1. The Morgan fingerprint density at radius 3 is 2.55 bits per heavy atom. The number of aromatic nitrogens is 1. The smallest absolute Gasteiger partial charge is 0.329 e. The van der Waals surface area contributed by atoms with Crippen molar-refractivity contribution in [3.8, 4) is 0 Å². The molecule has 0 spiro atoms. The Hall–Kier alpha value is -1.63. The highest BCUT2D eigenvalue weighted by Gasteiger charge is 2.40. The maximum atomic E-state index is 11.7. The molecule has 0 saturated heterocycles. The fourth-order valence-electron chi connectivity index (χ4n) is 2.56. The van der Waals surface area contributed by atoms with Crippen LogP contribution < -0.4 is 5.32 Å². The van der Waals surface area contributed by atoms with Crippen LogP contribution in [0.25, 0.3) is 0 Å². The SMILES string of the molecule is CS(=O)(=O)c1cccnc1NC1(C(=O)O)CCCCC1. The molecule has 0 radical (unpaired) electrons. The van der Waals surface area contributed by atoms with E-state index in [0.29, 0.717) is 12.8 Å². The number of nitrogens with one attached hydrogen (secondary N) is 1. The molecule has 1 fully saturated rings. The van der Waals surface area contributed by atoms with E-state index in [0.717, 1.165) is 25.5 Å². The molecular formula is C13H18N2O4S. The second-order valence-electron chi connectivity index (χ2n) is 5.20. The van der Waals surface area contributed by atoms with Gasteiger partial charge in [-0.05, 0) is 25.0 Å².